The van der Waals surface area contributed by atoms with Gasteiger partial charge in [-0.1, -0.05) is 49.3 Å². The van der Waals surface area contributed by atoms with E-state index in [9.17, 15) is 4.79 Å². The maximum absolute atomic E-state index is 10.2. The number of benzene rings is 1. The van der Waals surface area contributed by atoms with Gasteiger partial charge in [0.15, 0.2) is 11.5 Å². The summed E-state index contributed by atoms with van der Waals surface area (Å²) >= 11 is 0. The minimum atomic E-state index is 0.0399. The van der Waals surface area contributed by atoms with Crippen molar-refractivity contribution in [3.05, 3.63) is 59.2 Å². The molecule has 3 heteroatoms. The van der Waals surface area contributed by atoms with Gasteiger partial charge in [-0.15, -0.1) is 0 Å². The quantitative estimate of drug-likeness (QED) is 0.503. The van der Waals surface area contributed by atoms with E-state index in [1.807, 2.05) is 0 Å². The number of allylic oxidation sites excluding steroid dienone is 6. The summed E-state index contributed by atoms with van der Waals surface area (Å²) in [4.78, 5) is 10.2. The number of aromatic hydroxyl groups is 1. The van der Waals surface area contributed by atoms with E-state index < -0.39 is 0 Å². The Bertz CT molecular complexity index is 679. The first-order valence-corrected chi connectivity index (χ1v) is 9.08. The van der Waals surface area contributed by atoms with Gasteiger partial charge in [-0.25, -0.2) is 0 Å². The maximum Gasteiger partial charge on any atom is 0.161 e. The van der Waals surface area contributed by atoms with Gasteiger partial charge >= 0.3 is 0 Å². The molecule has 142 valence electrons. The Morgan fingerprint density at radius 1 is 1.15 bits per heavy atom. The second kappa shape index (κ2) is 10.6. The smallest absolute Gasteiger partial charge is 0.161 e. The Balaban J connectivity index is 0.000000273. The molecule has 1 aliphatic carbocycles. The first-order chi connectivity index (χ1) is 12.3. The largest absolute Gasteiger partial charge is 0.504 e. The minimum Gasteiger partial charge on any atom is -0.504 e. The van der Waals surface area contributed by atoms with Crippen LogP contribution in [-0.2, 0) is 0 Å². The number of phenols is 1. The lowest BCUT2D eigenvalue weighted by molar-refractivity contribution is 0.112. The molecule has 1 aromatic carbocycles. The molecule has 0 saturated heterocycles. The number of carbonyl (C=O) groups is 1. The number of hydrogen-bond acceptors (Lipinski definition) is 3. The van der Waals surface area contributed by atoms with Gasteiger partial charge in [0.05, 0.1) is 7.11 Å². The lowest BCUT2D eigenvalue weighted by Gasteiger charge is -2.18. The van der Waals surface area contributed by atoms with Gasteiger partial charge in [-0.2, -0.15) is 0 Å². The zero-order chi connectivity index (χ0) is 19.6. The van der Waals surface area contributed by atoms with Crippen LogP contribution in [0.5, 0.6) is 11.5 Å². The van der Waals surface area contributed by atoms with E-state index in [1.165, 1.54) is 49.3 Å². The predicted molar refractivity (Wildman–Crippen MR) is 109 cm³/mol. The number of methoxy groups -OCH3 is 1. The average Bonchev–Trinajstić information content (AvgIpc) is 2.63. The standard InChI is InChI=1S/C15H24.C8H8O3/c1-13-7-5-8-14(2)10-12-15(3,4)11-6-9-13;1-11-8-4-6(5-9)2-3-7(8)10/h6-7,10-11H,5,8-9,12H2,1-4H3;2-5,10H,1H3/b11-6+,13-7+,14-10+;. The highest BCUT2D eigenvalue weighted by Crippen LogP contribution is 2.26. The van der Waals surface area contributed by atoms with Crippen molar-refractivity contribution in [1.82, 2.24) is 0 Å². The fourth-order valence-electron chi connectivity index (χ4n) is 2.57. The molecule has 0 atom stereocenters. The third-order valence-electron chi connectivity index (χ3n) is 4.36. The van der Waals surface area contributed by atoms with Crippen LogP contribution in [0.25, 0.3) is 0 Å². The van der Waals surface area contributed by atoms with Crippen LogP contribution in [-0.4, -0.2) is 18.5 Å². The Morgan fingerprint density at radius 3 is 2.54 bits per heavy atom. The summed E-state index contributed by atoms with van der Waals surface area (Å²) in [6.45, 7) is 9.10. The molecular formula is C23H32O3. The molecule has 2 rings (SSSR count). The lowest BCUT2D eigenvalue weighted by atomic mass is 9.87. The van der Waals surface area contributed by atoms with E-state index in [0.717, 1.165) is 12.8 Å². The highest BCUT2D eigenvalue weighted by atomic mass is 16.5. The summed E-state index contributed by atoms with van der Waals surface area (Å²) in [6, 6.07) is 4.41. The van der Waals surface area contributed by atoms with Gasteiger partial charge in [0.25, 0.3) is 0 Å². The molecule has 0 aromatic heterocycles. The van der Waals surface area contributed by atoms with Crippen LogP contribution in [0.3, 0.4) is 0 Å². The third-order valence-corrected chi connectivity index (χ3v) is 4.36. The van der Waals surface area contributed by atoms with Crippen molar-refractivity contribution in [2.24, 2.45) is 5.41 Å². The molecule has 1 N–H and O–H groups in total. The van der Waals surface area contributed by atoms with Crippen LogP contribution in [0.1, 0.15) is 63.7 Å². The molecule has 26 heavy (non-hydrogen) atoms. The molecule has 0 aliphatic heterocycles. The van der Waals surface area contributed by atoms with E-state index in [-0.39, 0.29) is 5.75 Å². The molecule has 3 nitrogen and oxygen atoms in total. The Morgan fingerprint density at radius 2 is 1.88 bits per heavy atom. The summed E-state index contributed by atoms with van der Waals surface area (Å²) in [6.07, 6.45) is 14.8. The first-order valence-electron chi connectivity index (χ1n) is 9.08. The molecule has 0 bridgehead atoms. The first kappa shape index (κ1) is 21.8. The van der Waals surface area contributed by atoms with Crippen molar-refractivity contribution in [2.45, 2.75) is 53.4 Å². The van der Waals surface area contributed by atoms with Gasteiger partial charge < -0.3 is 9.84 Å². The number of carbonyl (C=O) groups excluding carboxylic acids is 1. The molecule has 1 aromatic rings. The summed E-state index contributed by atoms with van der Waals surface area (Å²) < 4.78 is 4.78. The van der Waals surface area contributed by atoms with Gasteiger partial charge in [0.1, 0.15) is 6.29 Å². The Kier molecular flexibility index (Phi) is 8.91. The highest BCUT2D eigenvalue weighted by molar-refractivity contribution is 5.76. The van der Waals surface area contributed by atoms with Crippen LogP contribution in [0.4, 0.5) is 0 Å². The molecule has 1 aliphatic rings. The number of phenolic OH excluding ortho intramolecular Hbond substituents is 1. The number of ether oxygens (including phenoxy) is 1. The van der Waals surface area contributed by atoms with Crippen LogP contribution in [0.2, 0.25) is 0 Å². The van der Waals surface area contributed by atoms with Crippen LogP contribution in [0.15, 0.2) is 53.6 Å². The molecule has 0 amide bonds. The van der Waals surface area contributed by atoms with Crippen molar-refractivity contribution in [3.63, 3.8) is 0 Å². The van der Waals surface area contributed by atoms with E-state index in [4.69, 9.17) is 9.84 Å². The summed E-state index contributed by atoms with van der Waals surface area (Å²) in [5, 5.41) is 9.09. The number of rotatable bonds is 2. The third kappa shape index (κ3) is 8.19. The van der Waals surface area contributed by atoms with E-state index in [0.29, 0.717) is 23.0 Å². The summed E-state index contributed by atoms with van der Waals surface area (Å²) in [5.41, 5.74) is 3.82. The van der Waals surface area contributed by atoms with Crippen molar-refractivity contribution < 1.29 is 14.6 Å². The van der Waals surface area contributed by atoms with E-state index >= 15 is 0 Å². The highest BCUT2D eigenvalue weighted by Gasteiger charge is 2.11. The second-order valence-corrected chi connectivity index (χ2v) is 7.49. The molecule has 0 saturated carbocycles. The number of aldehydes is 1. The fourth-order valence-corrected chi connectivity index (χ4v) is 2.57. The van der Waals surface area contributed by atoms with Crippen molar-refractivity contribution >= 4 is 6.29 Å². The molecule has 0 fully saturated rings. The van der Waals surface area contributed by atoms with Gasteiger partial charge in [-0.3, -0.25) is 4.79 Å². The van der Waals surface area contributed by atoms with Crippen LogP contribution < -0.4 is 4.74 Å². The molecular weight excluding hydrogens is 324 g/mol. The fraction of sp³-hybridized carbons (Fsp3) is 0.435. The van der Waals surface area contributed by atoms with E-state index in [1.54, 1.807) is 0 Å². The molecule has 0 heterocycles. The predicted octanol–water partition coefficient (Wildman–Crippen LogP) is 6.25. The second-order valence-electron chi connectivity index (χ2n) is 7.49. The van der Waals surface area contributed by atoms with Crippen molar-refractivity contribution in [3.8, 4) is 11.5 Å². The van der Waals surface area contributed by atoms with E-state index in [2.05, 4.69) is 52.0 Å². The normalized spacial score (nSPS) is 22.2. The number of hydrogen-bond donors (Lipinski definition) is 1. The van der Waals surface area contributed by atoms with Crippen LogP contribution in [0, 0.1) is 5.41 Å². The summed E-state index contributed by atoms with van der Waals surface area (Å²) in [7, 11) is 1.43. The zero-order valence-corrected chi connectivity index (χ0v) is 16.7. The van der Waals surface area contributed by atoms with Crippen LogP contribution >= 0.6 is 0 Å². The maximum atomic E-state index is 10.2. The van der Waals surface area contributed by atoms with Crippen molar-refractivity contribution in [1.29, 1.82) is 0 Å². The zero-order valence-electron chi connectivity index (χ0n) is 16.7. The molecule has 0 spiro atoms. The van der Waals surface area contributed by atoms with Gasteiger partial charge in [-0.05, 0) is 63.1 Å². The molecule has 0 unspecified atom stereocenters. The van der Waals surface area contributed by atoms with Crippen molar-refractivity contribution in [2.75, 3.05) is 7.11 Å². The summed E-state index contributed by atoms with van der Waals surface area (Å²) in [5.74, 6) is 0.354. The van der Waals surface area contributed by atoms with Gasteiger partial charge in [0.2, 0.25) is 0 Å². The monoisotopic (exact) mass is 356 g/mol. The Hall–Kier alpha value is -2.29. The molecule has 0 radical (unpaired) electrons. The Labute approximate surface area is 158 Å². The van der Waals surface area contributed by atoms with Gasteiger partial charge in [0, 0.05) is 5.56 Å². The topological polar surface area (TPSA) is 46.5 Å². The lowest BCUT2D eigenvalue weighted by Crippen LogP contribution is -2.05. The minimum absolute atomic E-state index is 0.0399. The SMILES string of the molecule is C/C1=C\CC/C(C)=C/CC(C)(C)/C=C/C1.COc1cc(C=O)ccc1O. The average molecular weight is 357 g/mol.